The third kappa shape index (κ3) is 5.24. The summed E-state index contributed by atoms with van der Waals surface area (Å²) in [5, 5.41) is 3.91. The number of anilines is 1. The number of carbonyl (C=O) groups is 1. The molecule has 5 heteroatoms. The monoisotopic (exact) mass is 303 g/mol. The van der Waals surface area contributed by atoms with Gasteiger partial charge in [-0.1, -0.05) is 24.3 Å². The highest BCUT2D eigenvalue weighted by Gasteiger charge is 2.09. The summed E-state index contributed by atoms with van der Waals surface area (Å²) in [6.07, 6.45) is 3.08. The molecule has 0 bridgehead atoms. The minimum absolute atomic E-state index is 0.344. The van der Waals surface area contributed by atoms with Crippen molar-refractivity contribution >= 4 is 17.9 Å². The number of hydrazone groups is 1. The van der Waals surface area contributed by atoms with Crippen LogP contribution in [0.5, 0.6) is 0 Å². The van der Waals surface area contributed by atoms with E-state index in [0.717, 1.165) is 11.9 Å². The summed E-state index contributed by atoms with van der Waals surface area (Å²) >= 11 is 0. The van der Waals surface area contributed by atoms with Gasteiger partial charge in [-0.25, -0.2) is 4.79 Å². The van der Waals surface area contributed by atoms with Crippen molar-refractivity contribution in [3.63, 3.8) is 0 Å². The molecule has 0 fully saturated rings. The molecule has 120 valence electrons. The molecule has 1 aromatic rings. The van der Waals surface area contributed by atoms with Gasteiger partial charge in [0.05, 0.1) is 13.2 Å². The van der Waals surface area contributed by atoms with Gasteiger partial charge < -0.3 is 9.64 Å². The molecule has 0 atom stereocenters. The van der Waals surface area contributed by atoms with Crippen LogP contribution in [0.25, 0.3) is 0 Å². The van der Waals surface area contributed by atoms with E-state index in [-0.39, 0.29) is 0 Å². The molecule has 0 aliphatic carbocycles. The summed E-state index contributed by atoms with van der Waals surface area (Å²) in [4.78, 5) is 13.4. The summed E-state index contributed by atoms with van der Waals surface area (Å²) in [5.41, 5.74) is 7.46. The predicted octanol–water partition coefficient (Wildman–Crippen LogP) is 2.78. The summed E-state index contributed by atoms with van der Waals surface area (Å²) in [6, 6.07) is 6.25. The number of hydrogen-bond donors (Lipinski definition) is 1. The normalized spacial score (nSPS) is 11.6. The van der Waals surface area contributed by atoms with Crippen molar-refractivity contribution in [2.75, 3.05) is 25.1 Å². The Hall–Kier alpha value is -2.30. The molecule has 0 amide bonds. The first-order valence-corrected chi connectivity index (χ1v) is 7.38. The van der Waals surface area contributed by atoms with Crippen LogP contribution in [0.15, 0.2) is 35.1 Å². The van der Waals surface area contributed by atoms with Crippen molar-refractivity contribution < 1.29 is 9.53 Å². The summed E-state index contributed by atoms with van der Waals surface area (Å²) < 4.78 is 4.78. The zero-order chi connectivity index (χ0) is 16.5. The van der Waals surface area contributed by atoms with E-state index in [1.807, 2.05) is 20.0 Å². The van der Waals surface area contributed by atoms with Crippen molar-refractivity contribution in [3.05, 3.63) is 41.1 Å². The lowest BCUT2D eigenvalue weighted by atomic mass is 10.1. The molecule has 1 N–H and O–H groups in total. The average molecular weight is 303 g/mol. The molecule has 5 nitrogen and oxygen atoms in total. The van der Waals surface area contributed by atoms with E-state index in [9.17, 15) is 4.79 Å². The number of nitrogens with zero attached hydrogens (tertiary/aromatic N) is 2. The highest BCUT2D eigenvalue weighted by atomic mass is 16.5. The third-order valence-corrected chi connectivity index (χ3v) is 3.24. The van der Waals surface area contributed by atoms with Crippen molar-refractivity contribution in [2.45, 2.75) is 27.7 Å². The maximum Gasteiger partial charge on any atom is 0.351 e. The van der Waals surface area contributed by atoms with Crippen LogP contribution >= 0.6 is 0 Å². The van der Waals surface area contributed by atoms with Gasteiger partial charge in [-0.05, 0) is 38.8 Å². The number of allylic oxidation sites excluding steroid dienone is 1. The van der Waals surface area contributed by atoms with Crippen LogP contribution < -0.4 is 10.3 Å². The maximum atomic E-state index is 11.2. The Bertz CT molecular complexity index is 545. The van der Waals surface area contributed by atoms with Gasteiger partial charge in [0.25, 0.3) is 0 Å². The Kier molecular flexibility index (Phi) is 7.16. The number of hydrogen-bond acceptors (Lipinski definition) is 5. The summed E-state index contributed by atoms with van der Waals surface area (Å²) in [5.74, 6) is -0.450. The Labute approximate surface area is 132 Å². The van der Waals surface area contributed by atoms with Gasteiger partial charge in [0.1, 0.15) is 6.21 Å². The molecule has 0 aliphatic heterocycles. The topological polar surface area (TPSA) is 53.9 Å². The lowest BCUT2D eigenvalue weighted by molar-refractivity contribution is -0.134. The number of para-hydroxylation sites is 1. The Balaban J connectivity index is 2.69. The summed E-state index contributed by atoms with van der Waals surface area (Å²) in [6.45, 7) is 8.90. The second-order valence-electron chi connectivity index (χ2n) is 5.03. The van der Waals surface area contributed by atoms with Crippen LogP contribution in [0.4, 0.5) is 5.69 Å². The average Bonchev–Trinajstić information content (AvgIpc) is 2.46. The molecule has 0 heterocycles. The van der Waals surface area contributed by atoms with Crippen LogP contribution in [0, 0.1) is 13.8 Å². The lowest BCUT2D eigenvalue weighted by Crippen LogP contribution is -2.26. The van der Waals surface area contributed by atoms with Crippen LogP contribution in [-0.4, -0.2) is 32.4 Å². The lowest BCUT2D eigenvalue weighted by Gasteiger charge is -2.24. The van der Waals surface area contributed by atoms with E-state index < -0.39 is 5.97 Å². The van der Waals surface area contributed by atoms with Gasteiger partial charge in [0.15, 0.2) is 0 Å². The van der Waals surface area contributed by atoms with Crippen molar-refractivity contribution in [1.29, 1.82) is 0 Å². The predicted molar refractivity (Wildman–Crippen MR) is 91.2 cm³/mol. The number of benzene rings is 1. The highest BCUT2D eigenvalue weighted by molar-refractivity contribution is 6.23. The largest absolute Gasteiger partial charge is 0.462 e. The molecule has 0 saturated heterocycles. The SMILES string of the molecule is C/C=C(/CN(C)c1c(C)cccc1C)N/N=C\C(=O)OCC. The van der Waals surface area contributed by atoms with Gasteiger partial charge in [0.2, 0.25) is 0 Å². The third-order valence-electron chi connectivity index (χ3n) is 3.24. The van der Waals surface area contributed by atoms with E-state index in [0.29, 0.717) is 13.2 Å². The smallest absolute Gasteiger partial charge is 0.351 e. The molecule has 0 unspecified atom stereocenters. The van der Waals surface area contributed by atoms with E-state index in [2.05, 4.69) is 47.5 Å². The molecule has 0 spiro atoms. The van der Waals surface area contributed by atoms with Gasteiger partial charge in [-0.15, -0.1) is 0 Å². The summed E-state index contributed by atoms with van der Waals surface area (Å²) in [7, 11) is 2.04. The molecular weight excluding hydrogens is 278 g/mol. The number of nitrogens with one attached hydrogen (secondary N) is 1. The number of carbonyl (C=O) groups excluding carboxylic acids is 1. The number of rotatable bonds is 7. The van der Waals surface area contributed by atoms with Gasteiger partial charge in [-0.2, -0.15) is 5.10 Å². The van der Waals surface area contributed by atoms with E-state index in [4.69, 9.17) is 4.74 Å². The molecule has 0 aliphatic rings. The Morgan fingerprint density at radius 3 is 2.55 bits per heavy atom. The van der Waals surface area contributed by atoms with Crippen LogP contribution in [-0.2, 0) is 9.53 Å². The number of esters is 1. The highest BCUT2D eigenvalue weighted by Crippen LogP contribution is 2.23. The minimum atomic E-state index is -0.450. The standard InChI is InChI=1S/C17H25N3O2/c1-6-15(19-18-11-16(21)22-7-2)12-20(5)17-13(3)9-8-10-14(17)4/h6,8-11,19H,7,12H2,1-5H3/b15-6-,18-11-. The van der Waals surface area contributed by atoms with Crippen LogP contribution in [0.2, 0.25) is 0 Å². The fourth-order valence-corrected chi connectivity index (χ4v) is 2.28. The first kappa shape index (κ1) is 17.8. The van der Waals surface area contributed by atoms with Crippen LogP contribution in [0.1, 0.15) is 25.0 Å². The maximum absolute atomic E-state index is 11.2. The quantitative estimate of drug-likeness (QED) is 0.478. The van der Waals surface area contributed by atoms with E-state index in [1.165, 1.54) is 16.8 Å². The van der Waals surface area contributed by atoms with Gasteiger partial charge in [-0.3, -0.25) is 5.43 Å². The fraction of sp³-hybridized carbons (Fsp3) is 0.412. The molecular formula is C17H25N3O2. The number of likely N-dealkylation sites (N-methyl/N-ethyl adjacent to an activating group) is 1. The number of aryl methyl sites for hydroxylation is 2. The molecule has 0 saturated carbocycles. The zero-order valence-corrected chi connectivity index (χ0v) is 14.0. The minimum Gasteiger partial charge on any atom is -0.462 e. The van der Waals surface area contributed by atoms with Crippen LogP contribution in [0.3, 0.4) is 0 Å². The van der Waals surface area contributed by atoms with E-state index >= 15 is 0 Å². The van der Waals surface area contributed by atoms with Crippen molar-refractivity contribution in [2.24, 2.45) is 5.10 Å². The van der Waals surface area contributed by atoms with E-state index in [1.54, 1.807) is 6.92 Å². The first-order chi connectivity index (χ1) is 10.5. The fourth-order valence-electron chi connectivity index (χ4n) is 2.28. The first-order valence-electron chi connectivity index (χ1n) is 7.38. The second-order valence-corrected chi connectivity index (χ2v) is 5.03. The van der Waals surface area contributed by atoms with Crippen molar-refractivity contribution in [1.82, 2.24) is 5.43 Å². The second kappa shape index (κ2) is 8.87. The number of ether oxygens (including phenoxy) is 1. The Morgan fingerprint density at radius 2 is 2.00 bits per heavy atom. The van der Waals surface area contributed by atoms with Gasteiger partial charge >= 0.3 is 5.97 Å². The molecule has 0 radical (unpaired) electrons. The molecule has 1 rings (SSSR count). The molecule has 0 aromatic heterocycles. The zero-order valence-electron chi connectivity index (χ0n) is 14.0. The molecule has 1 aromatic carbocycles. The molecule has 22 heavy (non-hydrogen) atoms. The van der Waals surface area contributed by atoms with Gasteiger partial charge in [0, 0.05) is 18.4 Å². The Morgan fingerprint density at radius 1 is 1.36 bits per heavy atom. The van der Waals surface area contributed by atoms with Crippen molar-refractivity contribution in [3.8, 4) is 0 Å².